The van der Waals surface area contributed by atoms with Crippen molar-refractivity contribution in [1.82, 2.24) is 25.1 Å². The highest BCUT2D eigenvalue weighted by molar-refractivity contribution is 7.99. The van der Waals surface area contributed by atoms with Gasteiger partial charge in [0.15, 0.2) is 11.0 Å². The molecule has 0 saturated heterocycles. The first-order valence-corrected chi connectivity index (χ1v) is 16.4. The molecule has 0 unspecified atom stereocenters. The summed E-state index contributed by atoms with van der Waals surface area (Å²) in [7, 11) is 1.60. The highest BCUT2D eigenvalue weighted by Crippen LogP contribution is 2.35. The van der Waals surface area contributed by atoms with Crippen LogP contribution in [0.4, 0.5) is 0 Å². The first kappa shape index (κ1) is 30.3. The molecule has 11 heteroatoms. The van der Waals surface area contributed by atoms with E-state index in [4.69, 9.17) is 9.84 Å². The van der Waals surface area contributed by atoms with Gasteiger partial charge >= 0.3 is 0 Å². The monoisotopic (exact) mass is 636 g/mol. The summed E-state index contributed by atoms with van der Waals surface area (Å²) in [6.07, 6.45) is 0.899. The Hall–Kier alpha value is -4.74. The molecule has 0 bridgehead atoms. The highest BCUT2D eigenvalue weighted by Gasteiger charge is 2.33. The van der Waals surface area contributed by atoms with Gasteiger partial charge in [0.1, 0.15) is 5.75 Å². The number of para-hydroxylation sites is 2. The molecule has 45 heavy (non-hydrogen) atoms. The Balaban J connectivity index is 1.23. The van der Waals surface area contributed by atoms with Crippen LogP contribution >= 0.6 is 23.1 Å². The number of nitrogens with one attached hydrogen (secondary N) is 1. The molecule has 1 aliphatic rings. The van der Waals surface area contributed by atoms with Crippen LogP contribution in [0, 0.1) is 6.92 Å². The lowest BCUT2D eigenvalue weighted by Crippen LogP contribution is -2.28. The molecular formula is C34H32N6O3S2. The van der Waals surface area contributed by atoms with Crippen molar-refractivity contribution in [3.63, 3.8) is 0 Å². The number of hydrogen-bond donors (Lipinski definition) is 1. The molecule has 2 aromatic heterocycles. The molecule has 0 spiro atoms. The van der Waals surface area contributed by atoms with Gasteiger partial charge in [-0.2, -0.15) is 5.10 Å². The van der Waals surface area contributed by atoms with Crippen molar-refractivity contribution in [1.29, 1.82) is 0 Å². The largest absolute Gasteiger partial charge is 0.495 e. The van der Waals surface area contributed by atoms with Crippen molar-refractivity contribution < 1.29 is 14.3 Å². The van der Waals surface area contributed by atoms with Gasteiger partial charge in [0.25, 0.3) is 5.91 Å². The van der Waals surface area contributed by atoms with Crippen LogP contribution in [0.3, 0.4) is 0 Å². The number of benzene rings is 3. The molecule has 2 amide bonds. The van der Waals surface area contributed by atoms with Crippen molar-refractivity contribution in [3.05, 3.63) is 124 Å². The van der Waals surface area contributed by atoms with E-state index in [1.807, 2.05) is 83.6 Å². The quantitative estimate of drug-likeness (QED) is 0.179. The van der Waals surface area contributed by atoms with Gasteiger partial charge in [-0.05, 0) is 41.6 Å². The molecule has 0 radical (unpaired) electrons. The first-order chi connectivity index (χ1) is 22.0. The van der Waals surface area contributed by atoms with E-state index in [1.165, 1.54) is 11.8 Å². The van der Waals surface area contributed by atoms with E-state index in [0.717, 1.165) is 27.3 Å². The molecule has 1 atom stereocenters. The average molecular weight is 637 g/mol. The zero-order valence-corrected chi connectivity index (χ0v) is 26.6. The van der Waals surface area contributed by atoms with E-state index >= 15 is 0 Å². The normalized spacial score (nSPS) is 14.3. The molecule has 3 aromatic carbocycles. The molecule has 6 rings (SSSR count). The summed E-state index contributed by atoms with van der Waals surface area (Å²) in [5.74, 6) is 0.969. The summed E-state index contributed by atoms with van der Waals surface area (Å²) in [6, 6.07) is 29.2. The van der Waals surface area contributed by atoms with E-state index in [-0.39, 0.29) is 36.6 Å². The van der Waals surface area contributed by atoms with E-state index < -0.39 is 0 Å². The summed E-state index contributed by atoms with van der Waals surface area (Å²) < 4.78 is 7.48. The molecule has 3 heterocycles. The molecule has 0 aliphatic carbocycles. The molecule has 9 nitrogen and oxygen atoms in total. The summed E-state index contributed by atoms with van der Waals surface area (Å²) in [6.45, 7) is 2.20. The van der Waals surface area contributed by atoms with Crippen molar-refractivity contribution in [3.8, 4) is 11.4 Å². The summed E-state index contributed by atoms with van der Waals surface area (Å²) in [5, 5.41) is 20.8. The van der Waals surface area contributed by atoms with E-state index in [1.54, 1.807) is 23.5 Å². The van der Waals surface area contributed by atoms with Crippen LogP contribution in [0.25, 0.3) is 5.69 Å². The van der Waals surface area contributed by atoms with E-state index in [2.05, 4.69) is 39.8 Å². The van der Waals surface area contributed by atoms with Crippen LogP contribution < -0.4 is 10.1 Å². The van der Waals surface area contributed by atoms with Gasteiger partial charge < -0.3 is 10.1 Å². The number of nitrogens with zero attached hydrogens (tertiary/aromatic N) is 5. The van der Waals surface area contributed by atoms with Gasteiger partial charge in [-0.3, -0.25) is 14.2 Å². The number of rotatable bonds is 11. The van der Waals surface area contributed by atoms with Crippen LogP contribution in [-0.4, -0.2) is 50.2 Å². The fourth-order valence-corrected chi connectivity index (χ4v) is 6.70. The minimum Gasteiger partial charge on any atom is -0.495 e. The second kappa shape index (κ2) is 13.9. The van der Waals surface area contributed by atoms with Gasteiger partial charge in [0.05, 0.1) is 48.1 Å². The number of thioether (sulfide) groups is 1. The lowest BCUT2D eigenvalue weighted by atomic mass is 10.00. The fraction of sp³-hybridized carbons (Fsp3) is 0.206. The first-order valence-electron chi connectivity index (χ1n) is 14.5. The maximum atomic E-state index is 13.8. The Labute approximate surface area is 270 Å². The number of carbonyl (C=O) groups is 2. The van der Waals surface area contributed by atoms with Gasteiger partial charge in [-0.25, -0.2) is 5.01 Å². The zero-order chi connectivity index (χ0) is 31.2. The maximum absolute atomic E-state index is 13.8. The highest BCUT2D eigenvalue weighted by atomic mass is 32.2. The molecule has 228 valence electrons. The third-order valence-electron chi connectivity index (χ3n) is 7.44. The van der Waals surface area contributed by atoms with E-state index in [9.17, 15) is 9.59 Å². The predicted molar refractivity (Wildman–Crippen MR) is 177 cm³/mol. The van der Waals surface area contributed by atoms with Crippen molar-refractivity contribution in [2.24, 2.45) is 5.10 Å². The number of aryl methyl sites for hydroxylation is 1. The molecule has 5 aromatic rings. The Morgan fingerprint density at radius 3 is 2.51 bits per heavy atom. The summed E-state index contributed by atoms with van der Waals surface area (Å²) in [4.78, 5) is 27.6. The van der Waals surface area contributed by atoms with Gasteiger partial charge in [-0.15, -0.1) is 21.5 Å². The smallest absolute Gasteiger partial charge is 0.253 e. The Bertz CT molecular complexity index is 1800. The van der Waals surface area contributed by atoms with Crippen LogP contribution in [-0.2, 0) is 22.6 Å². The molecule has 0 fully saturated rings. The molecule has 0 saturated carbocycles. The predicted octanol–water partition coefficient (Wildman–Crippen LogP) is 5.97. The Kier molecular flexibility index (Phi) is 9.37. The van der Waals surface area contributed by atoms with Crippen molar-refractivity contribution >= 4 is 40.6 Å². The van der Waals surface area contributed by atoms with Crippen molar-refractivity contribution in [2.45, 2.75) is 37.5 Å². The number of hydrazone groups is 1. The van der Waals surface area contributed by atoms with Gasteiger partial charge in [-0.1, -0.05) is 90.1 Å². The van der Waals surface area contributed by atoms with E-state index in [0.29, 0.717) is 28.8 Å². The average Bonchev–Trinajstić information content (AvgIpc) is 3.84. The maximum Gasteiger partial charge on any atom is 0.253 e. The molecular weight excluding hydrogens is 605 g/mol. The number of thiophene rings is 1. The SMILES string of the molecule is COc1ccccc1-n1c(CNC(=O)Cc2ccccc2)nnc1SCC(=O)N1N=C(c2cccs2)C[C@H]1c1ccc(C)cc1. The topological polar surface area (TPSA) is 102 Å². The van der Waals surface area contributed by atoms with Crippen molar-refractivity contribution in [2.75, 3.05) is 12.9 Å². The standard InChI is InChI=1S/C34H32N6O3S2/c1-23-14-16-25(17-15-23)28-20-26(30-13-8-18-44-30)38-40(28)33(42)22-45-34-37-36-31(39(34)27-11-6-7-12-29(27)43-2)21-35-32(41)19-24-9-4-3-5-10-24/h3-18,28H,19-22H2,1-2H3,(H,35,41)/t28-/m0/s1. The number of amides is 2. The van der Waals surface area contributed by atoms with Crippen LogP contribution in [0.2, 0.25) is 0 Å². The van der Waals surface area contributed by atoms with Gasteiger partial charge in [0.2, 0.25) is 5.91 Å². The zero-order valence-electron chi connectivity index (χ0n) is 24.9. The van der Waals surface area contributed by atoms with Crippen LogP contribution in [0.5, 0.6) is 5.75 Å². The molecule has 1 N–H and O–H groups in total. The number of carbonyl (C=O) groups excluding carboxylic acids is 2. The second-order valence-corrected chi connectivity index (χ2v) is 12.4. The van der Waals surface area contributed by atoms with Crippen LogP contribution in [0.15, 0.2) is 107 Å². The minimum atomic E-state index is -0.196. The third-order valence-corrected chi connectivity index (χ3v) is 9.27. The minimum absolute atomic E-state index is 0.0945. The summed E-state index contributed by atoms with van der Waals surface area (Å²) >= 11 is 2.89. The number of ether oxygens (including phenoxy) is 1. The fourth-order valence-electron chi connectivity index (χ4n) is 5.16. The number of methoxy groups -OCH3 is 1. The van der Waals surface area contributed by atoms with Gasteiger partial charge in [0, 0.05) is 6.42 Å². The number of aromatic nitrogens is 3. The summed E-state index contributed by atoms with van der Waals surface area (Å²) in [5.41, 5.74) is 4.74. The lowest BCUT2D eigenvalue weighted by molar-refractivity contribution is -0.130. The van der Waals surface area contributed by atoms with Crippen LogP contribution in [0.1, 0.15) is 39.9 Å². The second-order valence-electron chi connectivity index (χ2n) is 10.5. The lowest BCUT2D eigenvalue weighted by Gasteiger charge is -2.22. The Morgan fingerprint density at radius 2 is 1.76 bits per heavy atom. The third kappa shape index (κ3) is 7.00. The Morgan fingerprint density at radius 1 is 0.978 bits per heavy atom. The number of hydrogen-bond acceptors (Lipinski definition) is 8. The molecule has 1 aliphatic heterocycles.